The minimum absolute atomic E-state index is 0. The van der Waals surface area contributed by atoms with Gasteiger partial charge < -0.3 is 10.0 Å². The summed E-state index contributed by atoms with van der Waals surface area (Å²) in [7, 11) is 2.07. The molecule has 0 saturated carbocycles. The van der Waals surface area contributed by atoms with Crippen molar-refractivity contribution in [3.8, 4) is 0 Å². The Balaban J connectivity index is 0.00000162. The van der Waals surface area contributed by atoms with Crippen LogP contribution in [0.3, 0.4) is 0 Å². The van der Waals surface area contributed by atoms with Gasteiger partial charge >= 0.3 is 5.97 Å². The maximum absolute atomic E-state index is 11.4. The highest BCUT2D eigenvalue weighted by molar-refractivity contribution is 5.75. The van der Waals surface area contributed by atoms with Crippen LogP contribution in [0, 0.1) is 0 Å². The van der Waals surface area contributed by atoms with Gasteiger partial charge in [-0.05, 0) is 12.6 Å². The van der Waals surface area contributed by atoms with Crippen LogP contribution < -0.4 is 0 Å². The Morgan fingerprint density at radius 2 is 1.72 bits per heavy atom. The molecule has 1 fully saturated rings. The van der Waals surface area contributed by atoms with E-state index in [0.29, 0.717) is 0 Å². The third-order valence-corrected chi connectivity index (χ3v) is 3.25. The zero-order chi connectivity index (χ0) is 12.3. The molecule has 1 unspecified atom stereocenters. The van der Waals surface area contributed by atoms with Crippen LogP contribution in [-0.4, -0.2) is 54.1 Å². The molecular weight excluding hydrogens is 228 g/mol. The van der Waals surface area contributed by atoms with Crippen molar-refractivity contribution in [2.75, 3.05) is 33.2 Å². The Morgan fingerprint density at radius 3 is 2.22 bits per heavy atom. The molecule has 2 rings (SSSR count). The van der Waals surface area contributed by atoms with Crippen LogP contribution in [0.4, 0.5) is 0 Å². The van der Waals surface area contributed by atoms with E-state index in [0.717, 1.165) is 31.7 Å². The number of hydrogen-bond donors (Lipinski definition) is 1. The molecule has 4 heteroatoms. The maximum Gasteiger partial charge on any atom is 0.325 e. The fourth-order valence-corrected chi connectivity index (χ4v) is 2.23. The topological polar surface area (TPSA) is 43.8 Å². The van der Waals surface area contributed by atoms with E-state index < -0.39 is 12.0 Å². The van der Waals surface area contributed by atoms with E-state index in [1.54, 1.807) is 0 Å². The minimum Gasteiger partial charge on any atom is -0.480 e. The van der Waals surface area contributed by atoms with Gasteiger partial charge in [-0.1, -0.05) is 37.8 Å². The van der Waals surface area contributed by atoms with Gasteiger partial charge in [-0.15, -0.1) is 0 Å². The van der Waals surface area contributed by atoms with Gasteiger partial charge in [-0.25, -0.2) is 0 Å². The van der Waals surface area contributed by atoms with Crippen LogP contribution >= 0.6 is 0 Å². The first-order valence-electron chi connectivity index (χ1n) is 5.89. The first-order chi connectivity index (χ1) is 8.18. The molecule has 18 heavy (non-hydrogen) atoms. The van der Waals surface area contributed by atoms with Gasteiger partial charge in [0.2, 0.25) is 0 Å². The number of likely N-dealkylation sites (N-methyl/N-ethyl adjacent to an activating group) is 1. The summed E-state index contributed by atoms with van der Waals surface area (Å²) in [4.78, 5) is 15.7. The Hall–Kier alpha value is -1.39. The van der Waals surface area contributed by atoms with Crippen LogP contribution in [-0.2, 0) is 4.79 Å². The van der Waals surface area contributed by atoms with E-state index in [4.69, 9.17) is 0 Å². The number of carboxylic acid groups (broad SMARTS) is 1. The second-order valence-corrected chi connectivity index (χ2v) is 4.49. The minimum atomic E-state index is -0.763. The van der Waals surface area contributed by atoms with Crippen molar-refractivity contribution in [2.45, 2.75) is 13.5 Å². The molecule has 1 saturated heterocycles. The molecule has 1 aliphatic heterocycles. The lowest BCUT2D eigenvalue weighted by molar-refractivity contribution is -0.144. The summed E-state index contributed by atoms with van der Waals surface area (Å²) < 4.78 is 0. The molecule has 0 amide bonds. The monoisotopic (exact) mass is 250 g/mol. The zero-order valence-electron chi connectivity index (χ0n) is 10.0. The van der Waals surface area contributed by atoms with E-state index in [2.05, 4.69) is 11.9 Å². The fraction of sp³-hybridized carbons (Fsp3) is 0.500. The zero-order valence-corrected chi connectivity index (χ0v) is 10.0. The highest BCUT2D eigenvalue weighted by Gasteiger charge is 2.29. The summed E-state index contributed by atoms with van der Waals surface area (Å²) in [6, 6.07) is 8.95. The van der Waals surface area contributed by atoms with E-state index in [-0.39, 0.29) is 7.43 Å². The van der Waals surface area contributed by atoms with E-state index in [9.17, 15) is 9.90 Å². The quantitative estimate of drug-likeness (QED) is 0.886. The van der Waals surface area contributed by atoms with E-state index in [1.165, 1.54) is 0 Å². The maximum atomic E-state index is 11.4. The average molecular weight is 250 g/mol. The van der Waals surface area contributed by atoms with Gasteiger partial charge in [-0.3, -0.25) is 9.69 Å². The molecule has 0 aliphatic carbocycles. The van der Waals surface area contributed by atoms with Gasteiger partial charge in [-0.2, -0.15) is 0 Å². The molecule has 4 nitrogen and oxygen atoms in total. The molecule has 0 spiro atoms. The number of hydrogen-bond acceptors (Lipinski definition) is 3. The predicted octanol–water partition coefficient (Wildman–Crippen LogP) is 1.70. The summed E-state index contributed by atoms with van der Waals surface area (Å²) in [5, 5.41) is 9.39. The van der Waals surface area contributed by atoms with Gasteiger partial charge in [0.15, 0.2) is 0 Å². The van der Waals surface area contributed by atoms with Crippen LogP contribution in [0.2, 0.25) is 0 Å². The summed E-state index contributed by atoms with van der Waals surface area (Å²) in [5.41, 5.74) is 0.865. The molecule has 1 aliphatic rings. The predicted molar refractivity (Wildman–Crippen MR) is 72.6 cm³/mol. The van der Waals surface area contributed by atoms with E-state index >= 15 is 0 Å². The van der Waals surface area contributed by atoms with Crippen LogP contribution in [0.1, 0.15) is 19.0 Å². The summed E-state index contributed by atoms with van der Waals surface area (Å²) in [6.45, 7) is 3.47. The van der Waals surface area contributed by atoms with Gasteiger partial charge in [0.1, 0.15) is 6.04 Å². The van der Waals surface area contributed by atoms with Crippen molar-refractivity contribution in [1.82, 2.24) is 9.80 Å². The highest BCUT2D eigenvalue weighted by Crippen LogP contribution is 2.21. The average Bonchev–Trinajstić information content (AvgIpc) is 2.33. The Morgan fingerprint density at radius 1 is 1.17 bits per heavy atom. The van der Waals surface area contributed by atoms with Crippen molar-refractivity contribution < 1.29 is 9.90 Å². The number of benzene rings is 1. The number of rotatable bonds is 3. The van der Waals surface area contributed by atoms with Gasteiger partial charge in [0.25, 0.3) is 0 Å². The molecule has 1 N–H and O–H groups in total. The molecule has 1 atom stereocenters. The smallest absolute Gasteiger partial charge is 0.325 e. The first kappa shape index (κ1) is 14.7. The number of carbonyl (C=O) groups is 1. The summed E-state index contributed by atoms with van der Waals surface area (Å²) in [5.74, 6) is -0.763. The largest absolute Gasteiger partial charge is 0.480 e. The highest BCUT2D eigenvalue weighted by atomic mass is 16.4. The molecule has 1 aromatic rings. The Bertz CT molecular complexity index is 373. The third kappa shape index (κ3) is 3.31. The summed E-state index contributed by atoms with van der Waals surface area (Å²) >= 11 is 0. The molecule has 0 bridgehead atoms. The SMILES string of the molecule is C.CN1CCN(C(C(=O)O)c2ccccc2)CC1. The number of nitrogens with zero attached hydrogens (tertiary/aromatic N) is 2. The molecule has 100 valence electrons. The molecule has 1 aromatic carbocycles. The van der Waals surface area contributed by atoms with Crippen LogP contribution in [0.5, 0.6) is 0 Å². The second kappa shape index (κ2) is 6.52. The fourth-order valence-electron chi connectivity index (χ4n) is 2.23. The Kier molecular flexibility index (Phi) is 5.31. The third-order valence-electron chi connectivity index (χ3n) is 3.25. The molecule has 0 aromatic heterocycles. The van der Waals surface area contributed by atoms with Crippen molar-refractivity contribution >= 4 is 5.97 Å². The van der Waals surface area contributed by atoms with Gasteiger partial charge in [0, 0.05) is 26.2 Å². The molecule has 1 heterocycles. The van der Waals surface area contributed by atoms with Crippen molar-refractivity contribution in [2.24, 2.45) is 0 Å². The lowest BCUT2D eigenvalue weighted by atomic mass is 10.0. The molecular formula is C14H22N2O2. The normalized spacial score (nSPS) is 18.9. The van der Waals surface area contributed by atoms with Crippen molar-refractivity contribution in [3.63, 3.8) is 0 Å². The number of aliphatic carboxylic acids is 1. The summed E-state index contributed by atoms with van der Waals surface area (Å²) in [6.07, 6.45) is 0. The van der Waals surface area contributed by atoms with Crippen LogP contribution in [0.15, 0.2) is 30.3 Å². The first-order valence-corrected chi connectivity index (χ1v) is 5.89. The number of piperazine rings is 1. The number of carboxylic acids is 1. The van der Waals surface area contributed by atoms with Crippen molar-refractivity contribution in [3.05, 3.63) is 35.9 Å². The molecule has 0 radical (unpaired) electrons. The lowest BCUT2D eigenvalue weighted by Gasteiger charge is -2.36. The van der Waals surface area contributed by atoms with Crippen LogP contribution in [0.25, 0.3) is 0 Å². The van der Waals surface area contributed by atoms with Crippen molar-refractivity contribution in [1.29, 1.82) is 0 Å². The second-order valence-electron chi connectivity index (χ2n) is 4.49. The Labute approximate surface area is 109 Å². The lowest BCUT2D eigenvalue weighted by Crippen LogP contribution is -2.47. The standard InChI is InChI=1S/C13H18N2O2.CH4/c1-14-7-9-15(10-8-14)12(13(16)17)11-5-3-2-4-6-11;/h2-6,12H,7-10H2,1H3,(H,16,17);1H4. The van der Waals surface area contributed by atoms with Gasteiger partial charge in [0.05, 0.1) is 0 Å². The van der Waals surface area contributed by atoms with E-state index in [1.807, 2.05) is 35.2 Å².